The molecule has 2 aromatic heterocycles. The molecule has 34 heavy (non-hydrogen) atoms. The van der Waals surface area contributed by atoms with Crippen LogP contribution in [0.15, 0.2) is 72.9 Å². The van der Waals surface area contributed by atoms with E-state index in [9.17, 15) is 14.7 Å². The quantitative estimate of drug-likeness (QED) is 0.347. The largest absolute Gasteiger partial charge is 0.479 e. The molecule has 9 nitrogen and oxygen atoms in total. The van der Waals surface area contributed by atoms with Gasteiger partial charge in [0.25, 0.3) is 0 Å². The number of pyridine rings is 1. The van der Waals surface area contributed by atoms with Gasteiger partial charge in [-0.3, -0.25) is 0 Å². The van der Waals surface area contributed by atoms with E-state index in [4.69, 9.17) is 5.26 Å². The molecule has 0 aliphatic heterocycles. The highest BCUT2D eigenvalue weighted by Crippen LogP contribution is 2.30. The Morgan fingerprint density at radius 3 is 2.65 bits per heavy atom. The van der Waals surface area contributed by atoms with Crippen molar-refractivity contribution < 1.29 is 14.7 Å². The maximum absolute atomic E-state index is 12.4. The molecule has 1 atom stereocenters. The van der Waals surface area contributed by atoms with Crippen LogP contribution in [0, 0.1) is 11.3 Å². The van der Waals surface area contributed by atoms with Crippen LogP contribution in [-0.4, -0.2) is 31.6 Å². The van der Waals surface area contributed by atoms with Gasteiger partial charge in [0.15, 0.2) is 5.54 Å². The number of aliphatic carboxylic acids is 1. The van der Waals surface area contributed by atoms with Gasteiger partial charge in [0.05, 0.1) is 29.2 Å². The molecule has 0 fully saturated rings. The maximum atomic E-state index is 12.4. The number of nitrogens with zero attached hydrogens (tertiary/aromatic N) is 4. The number of aromatic nitrogens is 3. The molecule has 0 aliphatic carbocycles. The lowest BCUT2D eigenvalue weighted by molar-refractivity contribution is -0.140. The van der Waals surface area contributed by atoms with Crippen molar-refractivity contribution in [1.29, 1.82) is 5.26 Å². The van der Waals surface area contributed by atoms with E-state index in [2.05, 4.69) is 26.7 Å². The van der Waals surface area contributed by atoms with Crippen LogP contribution in [0.1, 0.15) is 17.0 Å². The Balaban J connectivity index is 1.69. The topological polar surface area (TPSA) is 133 Å². The first-order valence-corrected chi connectivity index (χ1v) is 10.3. The average Bonchev–Trinajstić information content (AvgIpc) is 3.18. The van der Waals surface area contributed by atoms with E-state index in [1.807, 2.05) is 23.7 Å². The van der Waals surface area contributed by atoms with E-state index in [1.54, 1.807) is 54.5 Å². The van der Waals surface area contributed by atoms with Crippen molar-refractivity contribution in [3.63, 3.8) is 0 Å². The summed E-state index contributed by atoms with van der Waals surface area (Å²) in [5.74, 6) is 1.36. The Labute approximate surface area is 195 Å². The number of hydrogen-bond acceptors (Lipinski definition) is 7. The van der Waals surface area contributed by atoms with Crippen LogP contribution in [0.4, 0.5) is 11.5 Å². The van der Waals surface area contributed by atoms with Gasteiger partial charge in [-0.1, -0.05) is 12.1 Å². The predicted molar refractivity (Wildman–Crippen MR) is 127 cm³/mol. The summed E-state index contributed by atoms with van der Waals surface area (Å²) in [5, 5.41) is 25.1. The molecule has 0 radical (unpaired) electrons. The molecular weight excluding hydrogens is 432 g/mol. The SMILES string of the molecule is Cn1c(CNc2ccc(C#N)cc2)nc2cc(C(C=C=O)(Nc3ccccn3)C(=O)O)ccc21. The first kappa shape index (κ1) is 22.3. The number of fused-ring (bicyclic) bond motifs is 1. The van der Waals surface area contributed by atoms with E-state index in [0.717, 1.165) is 23.1 Å². The molecule has 9 heteroatoms. The molecule has 0 aliphatic rings. The smallest absolute Gasteiger partial charge is 0.339 e. The average molecular weight is 452 g/mol. The van der Waals surface area contributed by atoms with Gasteiger partial charge in [0.2, 0.25) is 0 Å². The summed E-state index contributed by atoms with van der Waals surface area (Å²) >= 11 is 0. The van der Waals surface area contributed by atoms with Crippen LogP contribution < -0.4 is 10.6 Å². The number of benzene rings is 2. The van der Waals surface area contributed by atoms with E-state index >= 15 is 0 Å². The normalized spacial score (nSPS) is 12.2. The predicted octanol–water partition coefficient (Wildman–Crippen LogP) is 3.23. The van der Waals surface area contributed by atoms with E-state index < -0.39 is 11.5 Å². The summed E-state index contributed by atoms with van der Waals surface area (Å²) in [6, 6.07) is 19.2. The van der Waals surface area contributed by atoms with Crippen molar-refractivity contribution >= 4 is 34.4 Å². The highest BCUT2D eigenvalue weighted by Gasteiger charge is 2.39. The number of carboxylic acid groups (broad SMARTS) is 1. The number of carbonyl (C=O) groups is 1. The lowest BCUT2D eigenvalue weighted by atomic mass is 9.89. The molecule has 0 saturated carbocycles. The third-order valence-corrected chi connectivity index (χ3v) is 5.50. The van der Waals surface area contributed by atoms with Crippen LogP contribution in [0.5, 0.6) is 0 Å². The van der Waals surface area contributed by atoms with E-state index in [-0.39, 0.29) is 0 Å². The Bertz CT molecular complexity index is 1430. The fourth-order valence-electron chi connectivity index (χ4n) is 3.65. The number of anilines is 2. The summed E-state index contributed by atoms with van der Waals surface area (Å²) in [6.07, 6.45) is 2.45. The Morgan fingerprint density at radius 2 is 2.00 bits per heavy atom. The Kier molecular flexibility index (Phi) is 6.08. The summed E-state index contributed by atoms with van der Waals surface area (Å²) in [4.78, 5) is 32.5. The summed E-state index contributed by atoms with van der Waals surface area (Å²) in [6.45, 7) is 0.414. The van der Waals surface area contributed by atoms with Gasteiger partial charge in [-0.15, -0.1) is 0 Å². The molecule has 4 rings (SSSR count). The number of carboxylic acids is 1. The number of hydrogen-bond donors (Lipinski definition) is 3. The number of nitriles is 1. The molecule has 4 aromatic rings. The van der Waals surface area contributed by atoms with Crippen molar-refractivity contribution in [2.24, 2.45) is 7.05 Å². The molecule has 2 heterocycles. The molecule has 0 bridgehead atoms. The summed E-state index contributed by atoms with van der Waals surface area (Å²) in [5.41, 5.74) is 1.23. The molecule has 0 amide bonds. The third-order valence-electron chi connectivity index (χ3n) is 5.50. The van der Waals surface area contributed by atoms with Crippen LogP contribution >= 0.6 is 0 Å². The van der Waals surface area contributed by atoms with Crippen molar-refractivity contribution in [3.05, 3.63) is 89.9 Å². The molecule has 168 valence electrons. The second-order valence-electron chi connectivity index (χ2n) is 7.55. The van der Waals surface area contributed by atoms with Gasteiger partial charge in [-0.2, -0.15) is 5.26 Å². The van der Waals surface area contributed by atoms with Crippen molar-refractivity contribution in [2.75, 3.05) is 10.6 Å². The second-order valence-corrected chi connectivity index (χ2v) is 7.55. The highest BCUT2D eigenvalue weighted by atomic mass is 16.4. The molecule has 1 unspecified atom stereocenters. The first-order chi connectivity index (χ1) is 16.5. The van der Waals surface area contributed by atoms with Gasteiger partial charge in [0.1, 0.15) is 17.6 Å². The number of aryl methyl sites for hydroxylation is 1. The highest BCUT2D eigenvalue weighted by molar-refractivity contribution is 5.91. The van der Waals surface area contributed by atoms with Gasteiger partial charge < -0.3 is 20.3 Å². The number of imidazole rings is 1. The molecular formula is C25H20N6O3. The minimum absolute atomic E-state index is 0.296. The minimum Gasteiger partial charge on any atom is -0.479 e. The summed E-state index contributed by atoms with van der Waals surface area (Å²) in [7, 11) is 1.87. The monoisotopic (exact) mass is 452 g/mol. The lowest BCUT2D eigenvalue weighted by Gasteiger charge is -2.27. The van der Waals surface area contributed by atoms with Gasteiger partial charge >= 0.3 is 5.97 Å². The van der Waals surface area contributed by atoms with E-state index in [1.165, 1.54) is 6.20 Å². The van der Waals surface area contributed by atoms with Crippen LogP contribution in [0.3, 0.4) is 0 Å². The van der Waals surface area contributed by atoms with Gasteiger partial charge in [0, 0.05) is 25.0 Å². The van der Waals surface area contributed by atoms with Gasteiger partial charge in [-0.05, 0) is 54.1 Å². The summed E-state index contributed by atoms with van der Waals surface area (Å²) < 4.78 is 1.90. The number of nitrogens with one attached hydrogen (secondary N) is 2. The third kappa shape index (κ3) is 4.21. The zero-order valence-corrected chi connectivity index (χ0v) is 18.2. The minimum atomic E-state index is -1.87. The van der Waals surface area contributed by atoms with Crippen molar-refractivity contribution in [3.8, 4) is 6.07 Å². The second kappa shape index (κ2) is 9.28. The maximum Gasteiger partial charge on any atom is 0.339 e. The van der Waals surface area contributed by atoms with Crippen LogP contribution in [-0.2, 0) is 28.7 Å². The zero-order chi connectivity index (χ0) is 24.1. The molecule has 2 aromatic carbocycles. The van der Waals surface area contributed by atoms with Crippen molar-refractivity contribution in [1.82, 2.24) is 14.5 Å². The Morgan fingerprint density at radius 1 is 1.21 bits per heavy atom. The molecule has 3 N–H and O–H groups in total. The molecule has 0 saturated heterocycles. The standard InChI is InChI=1S/C25H20N6O3/c1-31-21-10-7-18(25(11-13-32,24(33)34)30-22-4-2-3-12-27-22)14-20(21)29-23(31)16-28-19-8-5-17(15-26)6-9-19/h2-12,14,28H,16H2,1H3,(H,27,30)(H,33,34). The van der Waals surface area contributed by atoms with Crippen LogP contribution in [0.25, 0.3) is 11.0 Å². The fraction of sp³-hybridized carbons (Fsp3) is 0.120. The first-order valence-electron chi connectivity index (χ1n) is 10.3. The van der Waals surface area contributed by atoms with E-state index in [0.29, 0.717) is 29.0 Å². The Hall–Kier alpha value is -4.93. The van der Waals surface area contributed by atoms with Gasteiger partial charge in [-0.25, -0.2) is 19.6 Å². The zero-order valence-electron chi connectivity index (χ0n) is 18.2. The number of rotatable bonds is 8. The molecule has 0 spiro atoms. The number of carbonyl (C=O) groups excluding carboxylic acids is 1. The lowest BCUT2D eigenvalue weighted by Crippen LogP contribution is -2.42. The van der Waals surface area contributed by atoms with Crippen LogP contribution in [0.2, 0.25) is 0 Å². The fourth-order valence-corrected chi connectivity index (χ4v) is 3.65. The van der Waals surface area contributed by atoms with Crippen molar-refractivity contribution in [2.45, 2.75) is 12.1 Å².